The third-order valence-electron chi connectivity index (χ3n) is 3.55. The van der Waals surface area contributed by atoms with Gasteiger partial charge in [-0.25, -0.2) is 4.68 Å². The number of nitrogens with zero attached hydrogens (tertiary/aromatic N) is 2. The van der Waals surface area contributed by atoms with Crippen LogP contribution in [0.2, 0.25) is 0 Å². The topological polar surface area (TPSA) is 57.3 Å². The van der Waals surface area contributed by atoms with Crippen molar-refractivity contribution < 1.29 is 13.9 Å². The van der Waals surface area contributed by atoms with Crippen LogP contribution in [0.4, 0.5) is 0 Å². The molecule has 0 aliphatic rings. The summed E-state index contributed by atoms with van der Waals surface area (Å²) in [5.74, 6) is 1.21. The second-order valence-corrected chi connectivity index (χ2v) is 5.58. The van der Waals surface area contributed by atoms with Crippen LogP contribution in [0.5, 0.6) is 5.75 Å². The fourth-order valence-electron chi connectivity index (χ4n) is 2.29. The maximum absolute atomic E-state index is 12.2. The molecule has 3 rings (SSSR count). The number of hydrogen-bond acceptors (Lipinski definition) is 5. The molecule has 0 atom stereocenters. The van der Waals surface area contributed by atoms with Crippen molar-refractivity contribution in [1.29, 1.82) is 0 Å². The van der Waals surface area contributed by atoms with Crippen molar-refractivity contribution in [1.82, 2.24) is 9.78 Å². The quantitative estimate of drug-likeness (QED) is 0.506. The molecule has 0 N–H and O–H groups in total. The highest BCUT2D eigenvalue weighted by Gasteiger charge is 2.11. The molecule has 3 aromatic rings. The van der Waals surface area contributed by atoms with E-state index in [1.165, 1.54) is 4.68 Å². The molecular weight excluding hydrogens is 324 g/mol. The fourth-order valence-corrected chi connectivity index (χ4v) is 2.49. The molecule has 1 heterocycles. The zero-order valence-electron chi connectivity index (χ0n) is 13.1. The van der Waals surface area contributed by atoms with Gasteiger partial charge in [-0.3, -0.25) is 4.79 Å². The van der Waals surface area contributed by atoms with Crippen molar-refractivity contribution >= 4 is 18.0 Å². The zero-order chi connectivity index (χ0) is 16.9. The van der Waals surface area contributed by atoms with Crippen LogP contribution in [-0.2, 0) is 13.0 Å². The predicted octanol–water partition coefficient (Wildman–Crippen LogP) is 3.69. The second kappa shape index (κ2) is 7.23. The molecule has 0 radical (unpaired) electrons. The van der Waals surface area contributed by atoms with Crippen LogP contribution in [-0.4, -0.2) is 22.7 Å². The highest BCUT2D eigenvalue weighted by molar-refractivity contribution is 7.71. The van der Waals surface area contributed by atoms with Crippen molar-refractivity contribution in [3.63, 3.8) is 0 Å². The van der Waals surface area contributed by atoms with Gasteiger partial charge in [0.05, 0.1) is 13.5 Å². The number of aromatic nitrogens is 2. The number of methoxy groups -OCH3 is 1. The first-order valence-electron chi connectivity index (χ1n) is 7.44. The van der Waals surface area contributed by atoms with Crippen LogP contribution in [0.3, 0.4) is 0 Å². The van der Waals surface area contributed by atoms with E-state index in [0.717, 1.165) is 11.3 Å². The summed E-state index contributed by atoms with van der Waals surface area (Å²) >= 11 is 5.16. The van der Waals surface area contributed by atoms with Crippen LogP contribution in [0.25, 0.3) is 0 Å². The maximum atomic E-state index is 12.2. The Bertz CT molecular complexity index is 883. The van der Waals surface area contributed by atoms with E-state index in [1.807, 2.05) is 42.5 Å². The van der Waals surface area contributed by atoms with Gasteiger partial charge in [0, 0.05) is 5.56 Å². The Hall–Kier alpha value is -2.73. The molecule has 0 amide bonds. The van der Waals surface area contributed by atoms with Crippen LogP contribution in [0, 0.1) is 4.84 Å². The lowest BCUT2D eigenvalue weighted by atomic mass is 10.1. The molecule has 0 aliphatic carbocycles. The van der Waals surface area contributed by atoms with Gasteiger partial charge < -0.3 is 9.15 Å². The minimum absolute atomic E-state index is 0.0593. The summed E-state index contributed by atoms with van der Waals surface area (Å²) in [6.45, 7) is 0.0644. The van der Waals surface area contributed by atoms with Crippen molar-refractivity contribution in [3.8, 4) is 5.75 Å². The Morgan fingerprint density at radius 2 is 1.88 bits per heavy atom. The van der Waals surface area contributed by atoms with Crippen LogP contribution in [0.1, 0.15) is 21.8 Å². The van der Waals surface area contributed by atoms with Crippen LogP contribution in [0.15, 0.2) is 59.0 Å². The number of rotatable bonds is 6. The van der Waals surface area contributed by atoms with Crippen molar-refractivity contribution in [2.24, 2.45) is 0 Å². The summed E-state index contributed by atoms with van der Waals surface area (Å²) in [5, 5.41) is 4.31. The molecule has 0 saturated carbocycles. The van der Waals surface area contributed by atoms with E-state index in [4.69, 9.17) is 21.4 Å². The molecule has 0 saturated heterocycles. The summed E-state index contributed by atoms with van der Waals surface area (Å²) in [4.78, 5) is 12.4. The molecule has 0 bridgehead atoms. The van der Waals surface area contributed by atoms with E-state index in [0.29, 0.717) is 17.9 Å². The highest BCUT2D eigenvalue weighted by atomic mass is 32.1. The number of ether oxygens (including phenoxy) is 1. The average molecular weight is 340 g/mol. The number of Topliss-reactive ketones (excluding diaryl/α,β-unsaturated/α-hetero) is 1. The normalized spacial score (nSPS) is 10.5. The minimum Gasteiger partial charge on any atom is -0.497 e. The average Bonchev–Trinajstić information content (AvgIpc) is 2.95. The Balaban J connectivity index is 1.72. The van der Waals surface area contributed by atoms with Crippen LogP contribution < -0.4 is 4.74 Å². The van der Waals surface area contributed by atoms with Gasteiger partial charge in [0.15, 0.2) is 5.78 Å². The number of carbonyl (C=O) groups excluding carboxylic acids is 1. The Labute approximate surface area is 144 Å². The Kier molecular flexibility index (Phi) is 4.86. The second-order valence-electron chi connectivity index (χ2n) is 5.23. The molecule has 122 valence electrons. The van der Waals surface area contributed by atoms with Gasteiger partial charge in [-0.05, 0) is 29.9 Å². The number of benzene rings is 2. The van der Waals surface area contributed by atoms with E-state index in [9.17, 15) is 4.79 Å². The fraction of sp³-hybridized carbons (Fsp3) is 0.167. The molecule has 0 spiro atoms. The van der Waals surface area contributed by atoms with E-state index < -0.39 is 0 Å². The lowest BCUT2D eigenvalue weighted by Crippen LogP contribution is -2.12. The SMILES string of the molecule is COc1ccc(Cc2nn(CC(=O)c3ccccc3)c(=S)o2)cc1. The van der Waals surface area contributed by atoms with Crippen LogP contribution >= 0.6 is 12.2 Å². The van der Waals surface area contributed by atoms with E-state index in [1.54, 1.807) is 19.2 Å². The van der Waals surface area contributed by atoms with Gasteiger partial charge in [0.2, 0.25) is 5.89 Å². The first kappa shape index (κ1) is 16.1. The summed E-state index contributed by atoms with van der Waals surface area (Å²) in [6.07, 6.45) is 0.500. The summed E-state index contributed by atoms with van der Waals surface area (Å²) in [7, 11) is 1.62. The Morgan fingerprint density at radius 3 is 2.54 bits per heavy atom. The third kappa shape index (κ3) is 3.78. The van der Waals surface area contributed by atoms with Gasteiger partial charge in [0.25, 0.3) is 4.84 Å². The zero-order valence-corrected chi connectivity index (χ0v) is 14.0. The molecule has 0 aliphatic heterocycles. The van der Waals surface area contributed by atoms with Gasteiger partial charge >= 0.3 is 0 Å². The van der Waals surface area contributed by atoms with Gasteiger partial charge in [0.1, 0.15) is 12.3 Å². The molecular formula is C18H16N2O3S. The van der Waals surface area contributed by atoms with Gasteiger partial charge in [-0.1, -0.05) is 42.5 Å². The largest absolute Gasteiger partial charge is 0.497 e. The number of hydrogen-bond donors (Lipinski definition) is 0. The number of ketones is 1. The van der Waals surface area contributed by atoms with E-state index in [-0.39, 0.29) is 17.2 Å². The van der Waals surface area contributed by atoms with E-state index in [2.05, 4.69) is 5.10 Å². The molecule has 24 heavy (non-hydrogen) atoms. The Morgan fingerprint density at radius 1 is 1.17 bits per heavy atom. The van der Waals surface area contributed by atoms with Gasteiger partial charge in [-0.15, -0.1) is 5.10 Å². The minimum atomic E-state index is -0.0593. The number of carbonyl (C=O) groups is 1. The van der Waals surface area contributed by atoms with Crippen molar-refractivity contribution in [2.45, 2.75) is 13.0 Å². The maximum Gasteiger partial charge on any atom is 0.287 e. The molecule has 1 aromatic heterocycles. The lowest BCUT2D eigenvalue weighted by molar-refractivity contribution is 0.0966. The lowest BCUT2D eigenvalue weighted by Gasteiger charge is -2.01. The smallest absolute Gasteiger partial charge is 0.287 e. The van der Waals surface area contributed by atoms with E-state index >= 15 is 0 Å². The third-order valence-corrected chi connectivity index (χ3v) is 3.85. The monoisotopic (exact) mass is 340 g/mol. The molecule has 6 heteroatoms. The summed E-state index contributed by atoms with van der Waals surface area (Å²) < 4.78 is 12.0. The summed E-state index contributed by atoms with van der Waals surface area (Å²) in [6, 6.07) is 16.7. The van der Waals surface area contributed by atoms with Gasteiger partial charge in [-0.2, -0.15) is 0 Å². The molecule has 0 unspecified atom stereocenters. The highest BCUT2D eigenvalue weighted by Crippen LogP contribution is 2.14. The molecule has 0 fully saturated rings. The van der Waals surface area contributed by atoms with Crippen molar-refractivity contribution in [2.75, 3.05) is 7.11 Å². The first-order valence-corrected chi connectivity index (χ1v) is 7.84. The summed E-state index contributed by atoms with van der Waals surface area (Å²) in [5.41, 5.74) is 1.65. The first-order chi connectivity index (χ1) is 11.7. The standard InChI is InChI=1S/C18H16N2O3S/c1-22-15-9-7-13(8-10-15)11-17-19-20(18(24)23-17)12-16(21)14-5-3-2-4-6-14/h2-10H,11-12H2,1H3. The molecule has 2 aromatic carbocycles. The predicted molar refractivity (Wildman–Crippen MR) is 91.9 cm³/mol. The van der Waals surface area contributed by atoms with Crippen molar-refractivity contribution in [3.05, 3.63) is 76.5 Å². The molecule has 5 nitrogen and oxygen atoms in total.